The smallest absolute Gasteiger partial charge is 0.434 e. The number of allylic oxidation sites excluding steroid dienone is 2. The average Bonchev–Trinajstić information content (AvgIpc) is 3.15. The first-order valence-corrected chi connectivity index (χ1v) is 14.7. The molecular formula is C31H46ClNO6. The molecule has 7 nitrogen and oxygen atoms in total. The summed E-state index contributed by atoms with van der Waals surface area (Å²) < 4.78 is 10.9. The van der Waals surface area contributed by atoms with E-state index in [1.165, 1.54) is 0 Å². The van der Waals surface area contributed by atoms with Gasteiger partial charge in [0.2, 0.25) is 5.91 Å². The van der Waals surface area contributed by atoms with Gasteiger partial charge in [-0.2, -0.15) is 0 Å². The maximum absolute atomic E-state index is 12.4. The molecule has 1 aromatic rings. The number of aryl methyl sites for hydroxylation is 1. The van der Waals surface area contributed by atoms with Gasteiger partial charge in [-0.15, -0.1) is 11.6 Å². The molecule has 1 amide bonds. The molecule has 0 saturated heterocycles. The van der Waals surface area contributed by atoms with Crippen molar-refractivity contribution in [2.24, 2.45) is 11.3 Å². The minimum Gasteiger partial charge on any atom is -0.434 e. The summed E-state index contributed by atoms with van der Waals surface area (Å²) in [6, 6.07) is 9.99. The van der Waals surface area contributed by atoms with Crippen LogP contribution in [-0.4, -0.2) is 59.6 Å². The largest absolute Gasteiger partial charge is 0.508 e. The highest BCUT2D eigenvalue weighted by Gasteiger charge is 2.52. The van der Waals surface area contributed by atoms with E-state index in [4.69, 9.17) is 21.1 Å². The Morgan fingerprint density at radius 2 is 1.97 bits per heavy atom. The van der Waals surface area contributed by atoms with E-state index in [0.29, 0.717) is 38.1 Å². The highest BCUT2D eigenvalue weighted by Crippen LogP contribution is 2.48. The van der Waals surface area contributed by atoms with E-state index in [2.05, 4.69) is 5.32 Å². The number of rotatable bonds is 17. The molecule has 0 aromatic heterocycles. The van der Waals surface area contributed by atoms with Crippen LogP contribution >= 0.6 is 11.6 Å². The van der Waals surface area contributed by atoms with Gasteiger partial charge in [-0.3, -0.25) is 4.79 Å². The lowest BCUT2D eigenvalue weighted by atomic mass is 9.75. The molecule has 0 aliphatic heterocycles. The Hall–Kier alpha value is -2.35. The van der Waals surface area contributed by atoms with Crippen molar-refractivity contribution < 1.29 is 29.3 Å². The zero-order valence-electron chi connectivity index (χ0n) is 23.4. The zero-order valence-corrected chi connectivity index (χ0v) is 24.2. The Morgan fingerprint density at radius 1 is 1.21 bits per heavy atom. The van der Waals surface area contributed by atoms with Gasteiger partial charge in [-0.05, 0) is 57.4 Å². The third-order valence-corrected chi connectivity index (χ3v) is 7.62. The summed E-state index contributed by atoms with van der Waals surface area (Å²) in [5, 5.41) is 24.5. The molecule has 2 rings (SSSR count). The second-order valence-electron chi connectivity index (χ2n) is 10.4. The first-order valence-electron chi connectivity index (χ1n) is 14.2. The van der Waals surface area contributed by atoms with Gasteiger partial charge in [0.25, 0.3) is 0 Å². The predicted molar refractivity (Wildman–Crippen MR) is 155 cm³/mol. The Morgan fingerprint density at radius 3 is 2.69 bits per heavy atom. The van der Waals surface area contributed by atoms with Crippen LogP contribution in [0, 0.1) is 11.3 Å². The molecular weight excluding hydrogens is 518 g/mol. The molecule has 1 aliphatic carbocycles. The molecule has 0 bridgehead atoms. The summed E-state index contributed by atoms with van der Waals surface area (Å²) in [4.78, 5) is 24.1. The van der Waals surface area contributed by atoms with Crippen LogP contribution < -0.4 is 5.32 Å². The van der Waals surface area contributed by atoms with Crippen LogP contribution in [0.3, 0.4) is 0 Å². The van der Waals surface area contributed by atoms with Gasteiger partial charge in [0, 0.05) is 36.6 Å². The molecule has 1 saturated carbocycles. The van der Waals surface area contributed by atoms with Gasteiger partial charge in [0.1, 0.15) is 6.10 Å². The molecule has 1 fully saturated rings. The van der Waals surface area contributed by atoms with E-state index in [1.807, 2.05) is 62.4 Å². The number of aliphatic hydroxyl groups is 2. The summed E-state index contributed by atoms with van der Waals surface area (Å²) in [6.07, 6.45) is 10.6. The van der Waals surface area contributed by atoms with Crippen molar-refractivity contribution in [1.82, 2.24) is 5.32 Å². The predicted octanol–water partition coefficient (Wildman–Crippen LogP) is 5.72. The first-order chi connectivity index (χ1) is 18.8. The molecule has 0 heterocycles. The number of carbonyl (C=O) groups is 2. The lowest BCUT2D eigenvalue weighted by Crippen LogP contribution is -2.35. The summed E-state index contributed by atoms with van der Waals surface area (Å²) >= 11 is 5.69. The summed E-state index contributed by atoms with van der Waals surface area (Å²) in [5.41, 5.74) is 0.453. The molecule has 0 spiro atoms. The molecule has 8 heteroatoms. The van der Waals surface area contributed by atoms with Crippen molar-refractivity contribution in [2.75, 3.05) is 19.0 Å². The van der Waals surface area contributed by atoms with Gasteiger partial charge in [0.15, 0.2) is 0 Å². The summed E-state index contributed by atoms with van der Waals surface area (Å²) in [6.45, 7) is 4.72. The second kappa shape index (κ2) is 18.1. The van der Waals surface area contributed by atoms with Crippen LogP contribution in [0.25, 0.3) is 0 Å². The Bertz CT molecular complexity index is 908. The first kappa shape index (κ1) is 32.9. The summed E-state index contributed by atoms with van der Waals surface area (Å²) in [5.74, 6) is 0.336. The van der Waals surface area contributed by atoms with Gasteiger partial charge in [0.05, 0.1) is 18.8 Å². The number of carbonyl (C=O) groups excluding carboxylic acids is 2. The summed E-state index contributed by atoms with van der Waals surface area (Å²) in [7, 11) is 0. The topological polar surface area (TPSA) is 105 Å². The van der Waals surface area contributed by atoms with Crippen molar-refractivity contribution in [3.8, 4) is 0 Å². The van der Waals surface area contributed by atoms with Crippen molar-refractivity contribution in [2.45, 2.75) is 89.9 Å². The van der Waals surface area contributed by atoms with Gasteiger partial charge < -0.3 is 25.0 Å². The molecule has 1 aliphatic rings. The highest BCUT2D eigenvalue weighted by molar-refractivity contribution is 6.17. The third kappa shape index (κ3) is 11.7. The van der Waals surface area contributed by atoms with Crippen LogP contribution in [0.5, 0.6) is 0 Å². The SMILES string of the molecule is CCNC(=O)CCC/C=C\C[C@H]1[C@@H](O)C[C@@H](OC(=O)OCCCCCl)C1(C)/C=C/[C@@H](O)CCc1ccccc1. The number of hydrogen-bond donors (Lipinski definition) is 3. The fraction of sp³-hybridized carbons (Fsp3) is 0.613. The molecule has 1 unspecified atom stereocenters. The van der Waals surface area contributed by atoms with Crippen LogP contribution in [0.15, 0.2) is 54.6 Å². The molecule has 3 N–H and O–H groups in total. The van der Waals surface area contributed by atoms with Crippen molar-refractivity contribution >= 4 is 23.7 Å². The minimum absolute atomic E-state index is 0.0511. The van der Waals surface area contributed by atoms with Gasteiger partial charge >= 0.3 is 6.16 Å². The number of amides is 1. The lowest BCUT2D eigenvalue weighted by Gasteiger charge is -2.33. The number of unbranched alkanes of at least 4 members (excludes halogenated alkanes) is 2. The molecule has 39 heavy (non-hydrogen) atoms. The lowest BCUT2D eigenvalue weighted by molar-refractivity contribution is -0.121. The monoisotopic (exact) mass is 563 g/mol. The number of nitrogens with one attached hydrogen (secondary N) is 1. The van der Waals surface area contributed by atoms with E-state index in [-0.39, 0.29) is 24.9 Å². The minimum atomic E-state index is -0.757. The Labute approximate surface area is 238 Å². The van der Waals surface area contributed by atoms with Crippen molar-refractivity contribution in [3.63, 3.8) is 0 Å². The molecule has 5 atom stereocenters. The number of halogens is 1. The van der Waals surface area contributed by atoms with Crippen molar-refractivity contribution in [3.05, 3.63) is 60.2 Å². The number of benzene rings is 1. The highest BCUT2D eigenvalue weighted by atomic mass is 35.5. The number of alkyl halides is 1. The fourth-order valence-electron chi connectivity index (χ4n) is 5.01. The second-order valence-corrected chi connectivity index (χ2v) is 10.8. The normalized spacial score (nSPS) is 23.8. The van der Waals surface area contributed by atoms with Crippen LogP contribution in [0.4, 0.5) is 4.79 Å². The fourth-order valence-corrected chi connectivity index (χ4v) is 5.20. The number of hydrogen-bond acceptors (Lipinski definition) is 6. The van der Waals surface area contributed by atoms with E-state index >= 15 is 0 Å². The quantitative estimate of drug-likeness (QED) is 0.0969. The van der Waals surface area contributed by atoms with Gasteiger partial charge in [-0.1, -0.05) is 61.6 Å². The Kier molecular flexibility index (Phi) is 15.2. The van der Waals surface area contributed by atoms with Gasteiger partial charge in [-0.25, -0.2) is 4.79 Å². The maximum Gasteiger partial charge on any atom is 0.508 e. The van der Waals surface area contributed by atoms with E-state index in [0.717, 1.165) is 31.2 Å². The zero-order chi connectivity index (χ0) is 28.5. The molecule has 1 aromatic carbocycles. The standard InChI is InChI=1S/C31H46ClNO6/c1-3-33-29(36)16-10-5-4-9-15-26-27(35)23-28(39-30(37)38-22-12-11-21-32)31(26,2)20-19-25(34)18-17-24-13-7-6-8-14-24/h4,6-9,13-14,19-20,25-28,34-35H,3,5,10-12,15-18,21-23H2,1-2H3,(H,33,36)/b9-4-,20-19+/t25-,26-,27-,28+,31?/m0/s1. The van der Waals surface area contributed by atoms with Crippen LogP contribution in [-0.2, 0) is 20.7 Å². The maximum atomic E-state index is 12.4. The van der Waals surface area contributed by atoms with Crippen molar-refractivity contribution in [1.29, 1.82) is 0 Å². The van der Waals surface area contributed by atoms with E-state index in [9.17, 15) is 19.8 Å². The van der Waals surface area contributed by atoms with Crippen LogP contribution in [0.1, 0.15) is 70.8 Å². The number of ether oxygens (including phenoxy) is 2. The van der Waals surface area contributed by atoms with E-state index < -0.39 is 29.9 Å². The third-order valence-electron chi connectivity index (χ3n) is 7.35. The number of aliphatic hydroxyl groups excluding tert-OH is 2. The van der Waals surface area contributed by atoms with Crippen LogP contribution in [0.2, 0.25) is 0 Å². The average molecular weight is 564 g/mol. The molecule has 218 valence electrons. The molecule has 0 radical (unpaired) electrons. The Balaban J connectivity index is 2.04. The van der Waals surface area contributed by atoms with E-state index in [1.54, 1.807) is 6.08 Å².